The van der Waals surface area contributed by atoms with E-state index in [2.05, 4.69) is 27.9 Å². The Balaban J connectivity index is 1.93. The first-order valence-corrected chi connectivity index (χ1v) is 7.04. The fraction of sp³-hybridized carbons (Fsp3) is 0.133. The van der Waals surface area contributed by atoms with Gasteiger partial charge in [-0.2, -0.15) is 0 Å². The summed E-state index contributed by atoms with van der Waals surface area (Å²) in [5, 5.41) is 2.89. The van der Waals surface area contributed by atoms with E-state index in [1.807, 2.05) is 66.5 Å². The zero-order valence-electron chi connectivity index (χ0n) is 10.6. The van der Waals surface area contributed by atoms with Gasteiger partial charge in [0.1, 0.15) is 0 Å². The highest BCUT2D eigenvalue weighted by Crippen LogP contribution is 2.13. The van der Waals surface area contributed by atoms with Gasteiger partial charge in [-0.1, -0.05) is 18.2 Å². The summed E-state index contributed by atoms with van der Waals surface area (Å²) < 4.78 is 1.15. The number of para-hydroxylation sites is 1. The Bertz CT molecular complexity index is 540. The van der Waals surface area contributed by atoms with E-state index in [1.165, 1.54) is 0 Å². The zero-order chi connectivity index (χ0) is 13.7. The molecule has 1 amide bonds. The minimum Gasteiger partial charge on any atom is -0.365 e. The van der Waals surface area contributed by atoms with Crippen molar-refractivity contribution in [1.29, 1.82) is 0 Å². The van der Waals surface area contributed by atoms with Gasteiger partial charge in [-0.25, -0.2) is 0 Å². The van der Waals surface area contributed by atoms with Gasteiger partial charge in [0.2, 0.25) is 5.91 Å². The molecule has 0 aliphatic carbocycles. The molecule has 0 aliphatic heterocycles. The number of hydrogen-bond donors (Lipinski definition) is 1. The second-order valence-corrected chi connectivity index (χ2v) is 5.49. The third kappa shape index (κ3) is 4.24. The van der Waals surface area contributed by atoms with E-state index < -0.39 is 0 Å². The summed E-state index contributed by atoms with van der Waals surface area (Å²) >= 11 is 2.24. The SMILES string of the molecule is CN(CC(=O)Nc1ccc(I)cc1)c1ccccc1. The Kier molecular flexibility index (Phi) is 4.79. The predicted molar refractivity (Wildman–Crippen MR) is 87.5 cm³/mol. The molecule has 1 N–H and O–H groups in total. The molecule has 2 rings (SSSR count). The average Bonchev–Trinajstić information content (AvgIpc) is 2.42. The van der Waals surface area contributed by atoms with Crippen LogP contribution in [0.4, 0.5) is 11.4 Å². The van der Waals surface area contributed by atoms with Crippen molar-refractivity contribution in [2.75, 3.05) is 23.8 Å². The van der Waals surface area contributed by atoms with Crippen molar-refractivity contribution in [3.63, 3.8) is 0 Å². The van der Waals surface area contributed by atoms with Gasteiger partial charge in [-0.05, 0) is 59.0 Å². The van der Waals surface area contributed by atoms with Crippen LogP contribution in [0.5, 0.6) is 0 Å². The highest BCUT2D eigenvalue weighted by Gasteiger charge is 2.07. The van der Waals surface area contributed by atoms with Crippen molar-refractivity contribution >= 4 is 39.9 Å². The first-order valence-electron chi connectivity index (χ1n) is 5.97. The van der Waals surface area contributed by atoms with E-state index in [0.717, 1.165) is 14.9 Å². The van der Waals surface area contributed by atoms with Crippen molar-refractivity contribution in [3.8, 4) is 0 Å². The third-order valence-electron chi connectivity index (χ3n) is 2.71. The van der Waals surface area contributed by atoms with Gasteiger partial charge in [-0.3, -0.25) is 4.79 Å². The molecule has 2 aromatic carbocycles. The molecule has 0 saturated carbocycles. The van der Waals surface area contributed by atoms with E-state index in [9.17, 15) is 4.79 Å². The largest absolute Gasteiger partial charge is 0.365 e. The Hall–Kier alpha value is -1.56. The lowest BCUT2D eigenvalue weighted by molar-refractivity contribution is -0.114. The number of benzene rings is 2. The smallest absolute Gasteiger partial charge is 0.243 e. The Morgan fingerprint density at radius 2 is 1.74 bits per heavy atom. The Morgan fingerprint density at radius 3 is 2.37 bits per heavy atom. The highest BCUT2D eigenvalue weighted by atomic mass is 127. The van der Waals surface area contributed by atoms with Crippen LogP contribution in [0.15, 0.2) is 54.6 Å². The number of amides is 1. The van der Waals surface area contributed by atoms with Gasteiger partial charge in [0.25, 0.3) is 0 Å². The summed E-state index contributed by atoms with van der Waals surface area (Å²) in [6, 6.07) is 17.6. The number of nitrogens with one attached hydrogen (secondary N) is 1. The molecule has 2 aromatic rings. The lowest BCUT2D eigenvalue weighted by Crippen LogP contribution is -2.29. The second-order valence-electron chi connectivity index (χ2n) is 4.25. The molecule has 98 valence electrons. The Labute approximate surface area is 126 Å². The quantitative estimate of drug-likeness (QED) is 0.842. The van der Waals surface area contributed by atoms with Crippen LogP contribution in [0.25, 0.3) is 0 Å². The molecular weight excluding hydrogens is 351 g/mol. The van der Waals surface area contributed by atoms with Gasteiger partial charge >= 0.3 is 0 Å². The van der Waals surface area contributed by atoms with Gasteiger partial charge < -0.3 is 10.2 Å². The van der Waals surface area contributed by atoms with Crippen LogP contribution in [0.1, 0.15) is 0 Å². The van der Waals surface area contributed by atoms with E-state index in [-0.39, 0.29) is 5.91 Å². The molecule has 0 atom stereocenters. The van der Waals surface area contributed by atoms with Crippen LogP contribution in [-0.4, -0.2) is 19.5 Å². The molecule has 3 nitrogen and oxygen atoms in total. The van der Waals surface area contributed by atoms with Gasteiger partial charge in [0.15, 0.2) is 0 Å². The number of carbonyl (C=O) groups is 1. The summed E-state index contributed by atoms with van der Waals surface area (Å²) in [6.07, 6.45) is 0. The monoisotopic (exact) mass is 366 g/mol. The van der Waals surface area contributed by atoms with E-state index >= 15 is 0 Å². The molecule has 0 fully saturated rings. The van der Waals surface area contributed by atoms with E-state index in [4.69, 9.17) is 0 Å². The van der Waals surface area contributed by atoms with E-state index in [0.29, 0.717) is 6.54 Å². The van der Waals surface area contributed by atoms with Crippen LogP contribution in [-0.2, 0) is 4.79 Å². The number of carbonyl (C=O) groups excluding carboxylic acids is 1. The summed E-state index contributed by atoms with van der Waals surface area (Å²) in [5.41, 5.74) is 1.85. The fourth-order valence-electron chi connectivity index (χ4n) is 1.72. The molecular formula is C15H15IN2O. The maximum absolute atomic E-state index is 11.9. The first-order chi connectivity index (χ1) is 9.15. The van der Waals surface area contributed by atoms with Crippen LogP contribution < -0.4 is 10.2 Å². The molecule has 0 bridgehead atoms. The fourth-order valence-corrected chi connectivity index (χ4v) is 2.08. The molecule has 0 radical (unpaired) electrons. The summed E-state index contributed by atoms with van der Waals surface area (Å²) in [5.74, 6) is -0.0208. The number of halogens is 1. The van der Waals surface area contributed by atoms with Crippen LogP contribution in [0, 0.1) is 3.57 Å². The molecule has 0 aliphatic rings. The average molecular weight is 366 g/mol. The number of anilines is 2. The third-order valence-corrected chi connectivity index (χ3v) is 3.42. The van der Waals surface area contributed by atoms with Gasteiger partial charge in [0, 0.05) is 22.0 Å². The van der Waals surface area contributed by atoms with Crippen molar-refractivity contribution in [2.24, 2.45) is 0 Å². The van der Waals surface area contributed by atoms with Crippen molar-refractivity contribution in [1.82, 2.24) is 0 Å². The first kappa shape index (κ1) is 13.9. The minimum atomic E-state index is -0.0208. The van der Waals surface area contributed by atoms with Crippen LogP contribution in [0.3, 0.4) is 0 Å². The maximum Gasteiger partial charge on any atom is 0.243 e. The van der Waals surface area contributed by atoms with Crippen molar-refractivity contribution in [2.45, 2.75) is 0 Å². The number of nitrogens with zero attached hydrogens (tertiary/aromatic N) is 1. The molecule has 0 aromatic heterocycles. The van der Waals surface area contributed by atoms with Gasteiger partial charge in [0.05, 0.1) is 6.54 Å². The topological polar surface area (TPSA) is 32.3 Å². The predicted octanol–water partition coefficient (Wildman–Crippen LogP) is 3.37. The normalized spacial score (nSPS) is 10.0. The summed E-state index contributed by atoms with van der Waals surface area (Å²) in [6.45, 7) is 0.329. The minimum absolute atomic E-state index is 0.0208. The Morgan fingerprint density at radius 1 is 1.11 bits per heavy atom. The van der Waals surface area contributed by atoms with Crippen LogP contribution in [0.2, 0.25) is 0 Å². The van der Waals surface area contributed by atoms with Crippen molar-refractivity contribution in [3.05, 3.63) is 58.2 Å². The number of hydrogen-bond acceptors (Lipinski definition) is 2. The van der Waals surface area contributed by atoms with Crippen LogP contribution >= 0.6 is 22.6 Å². The lowest BCUT2D eigenvalue weighted by Gasteiger charge is -2.18. The molecule has 0 saturated heterocycles. The summed E-state index contributed by atoms with van der Waals surface area (Å²) in [7, 11) is 1.91. The van der Waals surface area contributed by atoms with Gasteiger partial charge in [-0.15, -0.1) is 0 Å². The zero-order valence-corrected chi connectivity index (χ0v) is 12.8. The number of rotatable bonds is 4. The molecule has 0 heterocycles. The standard InChI is InChI=1S/C15H15IN2O/c1-18(14-5-3-2-4-6-14)11-15(19)17-13-9-7-12(16)8-10-13/h2-10H,11H2,1H3,(H,17,19). The lowest BCUT2D eigenvalue weighted by atomic mass is 10.3. The molecule has 0 spiro atoms. The molecule has 0 unspecified atom stereocenters. The number of likely N-dealkylation sites (N-methyl/N-ethyl adjacent to an activating group) is 1. The molecule has 4 heteroatoms. The van der Waals surface area contributed by atoms with Crippen molar-refractivity contribution < 1.29 is 4.79 Å². The highest BCUT2D eigenvalue weighted by molar-refractivity contribution is 14.1. The molecule has 19 heavy (non-hydrogen) atoms. The summed E-state index contributed by atoms with van der Waals surface area (Å²) in [4.78, 5) is 13.8. The maximum atomic E-state index is 11.9. The van der Waals surface area contributed by atoms with E-state index in [1.54, 1.807) is 0 Å². The second kappa shape index (κ2) is 6.56.